The van der Waals surface area contributed by atoms with Gasteiger partial charge in [0.05, 0.1) is 6.10 Å². The molecule has 4 heteroatoms. The van der Waals surface area contributed by atoms with E-state index in [9.17, 15) is 9.90 Å². The van der Waals surface area contributed by atoms with E-state index in [1.54, 1.807) is 11.8 Å². The summed E-state index contributed by atoms with van der Waals surface area (Å²) in [4.78, 5) is 13.9. The first kappa shape index (κ1) is 14.9. The lowest BCUT2D eigenvalue weighted by Gasteiger charge is -2.29. The van der Waals surface area contributed by atoms with Gasteiger partial charge in [0.25, 0.3) is 0 Å². The number of ether oxygens (including phenoxy) is 1. The van der Waals surface area contributed by atoms with E-state index < -0.39 is 6.10 Å². The van der Waals surface area contributed by atoms with Crippen LogP contribution in [0, 0.1) is 0 Å². The van der Waals surface area contributed by atoms with Crippen molar-refractivity contribution in [2.45, 2.75) is 51.4 Å². The Labute approximate surface area is 120 Å². The molecule has 1 aliphatic rings. The minimum absolute atomic E-state index is 0.216. The molecule has 20 heavy (non-hydrogen) atoms. The van der Waals surface area contributed by atoms with E-state index in [0.29, 0.717) is 6.54 Å². The summed E-state index contributed by atoms with van der Waals surface area (Å²) in [6.07, 6.45) is 3.46. The van der Waals surface area contributed by atoms with Crippen LogP contribution in [0.15, 0.2) is 30.3 Å². The maximum Gasteiger partial charge on any atom is 0.410 e. The van der Waals surface area contributed by atoms with Crippen molar-refractivity contribution in [3.05, 3.63) is 35.9 Å². The van der Waals surface area contributed by atoms with Crippen molar-refractivity contribution in [3.8, 4) is 0 Å². The first-order valence-electron chi connectivity index (χ1n) is 7.32. The van der Waals surface area contributed by atoms with Crippen molar-refractivity contribution in [2.24, 2.45) is 0 Å². The molecule has 0 heterocycles. The fraction of sp³-hybridized carbons (Fsp3) is 0.562. The molecular formula is C16H23NO3. The molecule has 4 nitrogen and oxygen atoms in total. The lowest BCUT2D eigenvalue weighted by atomic mass is 10.2. The van der Waals surface area contributed by atoms with Gasteiger partial charge in [0, 0.05) is 12.6 Å². The van der Waals surface area contributed by atoms with Crippen LogP contribution >= 0.6 is 0 Å². The standard InChI is InChI=1S/C16H23NO3/c1-13(18)11-17(15-9-5-6-10-15)16(19)20-12-14-7-3-2-4-8-14/h2-4,7-8,13,15,18H,5-6,9-12H2,1H3/t13-/m0/s1. The quantitative estimate of drug-likeness (QED) is 0.900. The zero-order valence-corrected chi connectivity index (χ0v) is 12.0. The van der Waals surface area contributed by atoms with E-state index in [2.05, 4.69) is 0 Å². The summed E-state index contributed by atoms with van der Waals surface area (Å²) < 4.78 is 5.38. The van der Waals surface area contributed by atoms with Gasteiger partial charge in [-0.1, -0.05) is 43.2 Å². The Hall–Kier alpha value is -1.55. The maximum atomic E-state index is 12.2. The van der Waals surface area contributed by atoms with Crippen LogP contribution in [0.1, 0.15) is 38.2 Å². The number of benzene rings is 1. The summed E-state index contributed by atoms with van der Waals surface area (Å²) in [6.45, 7) is 2.33. The summed E-state index contributed by atoms with van der Waals surface area (Å²) in [5, 5.41) is 9.57. The monoisotopic (exact) mass is 277 g/mol. The van der Waals surface area contributed by atoms with Gasteiger partial charge >= 0.3 is 6.09 Å². The molecule has 1 aromatic rings. The zero-order chi connectivity index (χ0) is 14.4. The molecule has 1 aromatic carbocycles. The smallest absolute Gasteiger partial charge is 0.410 e. The van der Waals surface area contributed by atoms with Gasteiger partial charge in [-0.3, -0.25) is 0 Å². The Morgan fingerprint density at radius 3 is 2.60 bits per heavy atom. The highest BCUT2D eigenvalue weighted by Crippen LogP contribution is 2.24. The van der Waals surface area contributed by atoms with Crippen LogP contribution < -0.4 is 0 Å². The fourth-order valence-corrected chi connectivity index (χ4v) is 2.68. The minimum atomic E-state index is -0.528. The number of rotatable bonds is 5. The van der Waals surface area contributed by atoms with Gasteiger partial charge in [-0.05, 0) is 25.3 Å². The van der Waals surface area contributed by atoms with Crippen LogP contribution in [0.4, 0.5) is 4.79 Å². The van der Waals surface area contributed by atoms with Gasteiger partial charge < -0.3 is 14.7 Å². The second kappa shape index (κ2) is 7.29. The number of carbonyl (C=O) groups excluding carboxylic acids is 1. The molecule has 0 aromatic heterocycles. The van der Waals surface area contributed by atoms with Gasteiger partial charge in [0.2, 0.25) is 0 Å². The van der Waals surface area contributed by atoms with Crippen LogP contribution in [0.25, 0.3) is 0 Å². The third-order valence-corrected chi connectivity index (χ3v) is 3.67. The molecule has 0 aliphatic heterocycles. The van der Waals surface area contributed by atoms with Crippen LogP contribution in [0.3, 0.4) is 0 Å². The van der Waals surface area contributed by atoms with E-state index >= 15 is 0 Å². The molecule has 1 amide bonds. The molecule has 1 fully saturated rings. The number of aliphatic hydroxyl groups excluding tert-OH is 1. The van der Waals surface area contributed by atoms with E-state index in [-0.39, 0.29) is 18.7 Å². The summed E-state index contributed by atoms with van der Waals surface area (Å²) in [7, 11) is 0. The van der Waals surface area contributed by atoms with Crippen molar-refractivity contribution >= 4 is 6.09 Å². The normalized spacial score (nSPS) is 16.9. The topological polar surface area (TPSA) is 49.8 Å². The molecule has 0 bridgehead atoms. The molecule has 0 radical (unpaired) electrons. The molecule has 1 atom stereocenters. The number of hydrogen-bond donors (Lipinski definition) is 1. The van der Waals surface area contributed by atoms with Crippen LogP contribution in [-0.2, 0) is 11.3 Å². The van der Waals surface area contributed by atoms with Crippen LogP contribution in [-0.4, -0.2) is 34.8 Å². The molecule has 0 spiro atoms. The average Bonchev–Trinajstić information content (AvgIpc) is 2.97. The first-order chi connectivity index (χ1) is 9.66. The predicted octanol–water partition coefficient (Wildman–Crippen LogP) is 2.95. The van der Waals surface area contributed by atoms with Crippen LogP contribution in [0.2, 0.25) is 0 Å². The number of carbonyl (C=O) groups is 1. The predicted molar refractivity (Wildman–Crippen MR) is 77.3 cm³/mol. The van der Waals surface area contributed by atoms with Crippen molar-refractivity contribution in [3.63, 3.8) is 0 Å². The summed E-state index contributed by atoms with van der Waals surface area (Å²) in [5.74, 6) is 0. The van der Waals surface area contributed by atoms with Crippen molar-refractivity contribution in [2.75, 3.05) is 6.54 Å². The molecular weight excluding hydrogens is 254 g/mol. The van der Waals surface area contributed by atoms with Gasteiger partial charge in [0.15, 0.2) is 0 Å². The second-order valence-corrected chi connectivity index (χ2v) is 5.48. The Morgan fingerprint density at radius 1 is 1.35 bits per heavy atom. The van der Waals surface area contributed by atoms with Crippen molar-refractivity contribution in [1.29, 1.82) is 0 Å². The van der Waals surface area contributed by atoms with Crippen molar-refractivity contribution in [1.82, 2.24) is 4.90 Å². The lowest BCUT2D eigenvalue weighted by molar-refractivity contribution is 0.0566. The number of nitrogens with zero attached hydrogens (tertiary/aromatic N) is 1. The lowest BCUT2D eigenvalue weighted by Crippen LogP contribution is -2.43. The highest BCUT2D eigenvalue weighted by molar-refractivity contribution is 5.68. The third-order valence-electron chi connectivity index (χ3n) is 3.67. The SMILES string of the molecule is C[C@H](O)CN(C(=O)OCc1ccccc1)C1CCCC1. The molecule has 2 rings (SSSR count). The zero-order valence-electron chi connectivity index (χ0n) is 12.0. The second-order valence-electron chi connectivity index (χ2n) is 5.48. The molecule has 110 valence electrons. The highest BCUT2D eigenvalue weighted by Gasteiger charge is 2.28. The average molecular weight is 277 g/mol. The third kappa shape index (κ3) is 4.23. The number of aliphatic hydroxyl groups is 1. The maximum absolute atomic E-state index is 12.2. The van der Waals surface area contributed by atoms with E-state index in [1.807, 2.05) is 30.3 Å². The van der Waals surface area contributed by atoms with E-state index in [4.69, 9.17) is 4.74 Å². The Morgan fingerprint density at radius 2 is 2.00 bits per heavy atom. The summed E-state index contributed by atoms with van der Waals surface area (Å²) in [6, 6.07) is 9.86. The summed E-state index contributed by atoms with van der Waals surface area (Å²) in [5.41, 5.74) is 0.976. The molecule has 1 saturated carbocycles. The minimum Gasteiger partial charge on any atom is -0.445 e. The van der Waals surface area contributed by atoms with Crippen LogP contribution in [0.5, 0.6) is 0 Å². The first-order valence-corrected chi connectivity index (χ1v) is 7.32. The Kier molecular flexibility index (Phi) is 5.41. The largest absolute Gasteiger partial charge is 0.445 e. The van der Waals surface area contributed by atoms with Gasteiger partial charge in [0.1, 0.15) is 6.61 Å². The number of hydrogen-bond acceptors (Lipinski definition) is 3. The molecule has 0 saturated heterocycles. The Bertz CT molecular complexity index is 413. The van der Waals surface area contributed by atoms with Gasteiger partial charge in [-0.25, -0.2) is 4.79 Å². The van der Waals surface area contributed by atoms with E-state index in [0.717, 1.165) is 31.2 Å². The molecule has 1 aliphatic carbocycles. The Balaban J connectivity index is 1.92. The van der Waals surface area contributed by atoms with E-state index in [1.165, 1.54) is 0 Å². The highest BCUT2D eigenvalue weighted by atomic mass is 16.6. The summed E-state index contributed by atoms with van der Waals surface area (Å²) >= 11 is 0. The molecule has 0 unspecified atom stereocenters. The van der Waals surface area contributed by atoms with Gasteiger partial charge in [-0.2, -0.15) is 0 Å². The number of amides is 1. The fourth-order valence-electron chi connectivity index (χ4n) is 2.68. The molecule has 1 N–H and O–H groups in total. The van der Waals surface area contributed by atoms with Gasteiger partial charge in [-0.15, -0.1) is 0 Å². The van der Waals surface area contributed by atoms with Crippen molar-refractivity contribution < 1.29 is 14.6 Å².